The molecular formula is C17H14N4O. The number of carbonyl (C=O) groups is 1. The van der Waals surface area contributed by atoms with E-state index in [2.05, 4.69) is 15.3 Å². The molecule has 4 aromatic rings. The SMILES string of the molecule is Cc1[nH]c2ccccc2c1NC(=O)c1ccn2cncc2c1. The van der Waals surface area contributed by atoms with Gasteiger partial charge in [-0.25, -0.2) is 4.98 Å². The number of hydrogen-bond donors (Lipinski definition) is 2. The zero-order valence-electron chi connectivity index (χ0n) is 12.0. The zero-order valence-corrected chi connectivity index (χ0v) is 12.0. The number of amides is 1. The Labute approximate surface area is 126 Å². The molecule has 4 rings (SSSR count). The van der Waals surface area contributed by atoms with Gasteiger partial charge in [0.2, 0.25) is 0 Å². The fourth-order valence-electron chi connectivity index (χ4n) is 2.68. The molecule has 0 aliphatic rings. The van der Waals surface area contributed by atoms with Gasteiger partial charge in [0.05, 0.1) is 23.7 Å². The molecule has 22 heavy (non-hydrogen) atoms. The van der Waals surface area contributed by atoms with E-state index in [4.69, 9.17) is 0 Å². The fourth-order valence-corrected chi connectivity index (χ4v) is 2.68. The Morgan fingerprint density at radius 2 is 2.14 bits per heavy atom. The smallest absolute Gasteiger partial charge is 0.255 e. The van der Waals surface area contributed by atoms with E-state index in [0.29, 0.717) is 5.56 Å². The largest absolute Gasteiger partial charge is 0.357 e. The van der Waals surface area contributed by atoms with Gasteiger partial charge in [0.25, 0.3) is 5.91 Å². The minimum atomic E-state index is -0.128. The van der Waals surface area contributed by atoms with Crippen molar-refractivity contribution in [2.75, 3.05) is 5.32 Å². The number of para-hydroxylation sites is 1. The molecule has 2 N–H and O–H groups in total. The van der Waals surface area contributed by atoms with Crippen LogP contribution in [0.25, 0.3) is 16.4 Å². The van der Waals surface area contributed by atoms with E-state index in [1.54, 1.807) is 18.6 Å². The molecule has 1 aromatic carbocycles. The molecule has 5 heteroatoms. The molecule has 3 aromatic heterocycles. The van der Waals surface area contributed by atoms with Gasteiger partial charge in [-0.05, 0) is 25.1 Å². The maximum Gasteiger partial charge on any atom is 0.255 e. The summed E-state index contributed by atoms with van der Waals surface area (Å²) in [5.41, 5.74) is 4.29. The number of rotatable bonds is 2. The highest BCUT2D eigenvalue weighted by molar-refractivity contribution is 6.10. The van der Waals surface area contributed by atoms with Gasteiger partial charge in [-0.2, -0.15) is 0 Å². The molecule has 0 saturated heterocycles. The Morgan fingerprint density at radius 1 is 1.27 bits per heavy atom. The molecule has 0 spiro atoms. The topological polar surface area (TPSA) is 62.2 Å². The van der Waals surface area contributed by atoms with E-state index in [9.17, 15) is 4.79 Å². The van der Waals surface area contributed by atoms with E-state index in [-0.39, 0.29) is 5.91 Å². The summed E-state index contributed by atoms with van der Waals surface area (Å²) in [6.07, 6.45) is 5.27. The van der Waals surface area contributed by atoms with Gasteiger partial charge in [-0.1, -0.05) is 18.2 Å². The van der Waals surface area contributed by atoms with E-state index in [1.807, 2.05) is 47.9 Å². The maximum absolute atomic E-state index is 12.5. The van der Waals surface area contributed by atoms with E-state index in [1.165, 1.54) is 0 Å². The number of nitrogens with zero attached hydrogens (tertiary/aromatic N) is 2. The zero-order chi connectivity index (χ0) is 15.1. The van der Waals surface area contributed by atoms with Crippen LogP contribution < -0.4 is 5.32 Å². The minimum Gasteiger partial charge on any atom is -0.357 e. The van der Waals surface area contributed by atoms with Crippen LogP contribution in [-0.4, -0.2) is 20.3 Å². The number of pyridine rings is 1. The Hall–Kier alpha value is -3.08. The molecule has 0 atom stereocenters. The van der Waals surface area contributed by atoms with Crippen molar-refractivity contribution in [2.24, 2.45) is 0 Å². The fraction of sp³-hybridized carbons (Fsp3) is 0.0588. The number of aryl methyl sites for hydroxylation is 1. The Kier molecular flexibility index (Phi) is 2.72. The van der Waals surface area contributed by atoms with Crippen LogP contribution in [0.2, 0.25) is 0 Å². The third-order valence-corrected chi connectivity index (χ3v) is 3.81. The van der Waals surface area contributed by atoms with Crippen molar-refractivity contribution in [1.29, 1.82) is 0 Å². The first kappa shape index (κ1) is 12.6. The van der Waals surface area contributed by atoms with Gasteiger partial charge in [-0.15, -0.1) is 0 Å². The summed E-state index contributed by atoms with van der Waals surface area (Å²) < 4.78 is 1.87. The van der Waals surface area contributed by atoms with Crippen molar-refractivity contribution in [3.8, 4) is 0 Å². The van der Waals surface area contributed by atoms with Crippen molar-refractivity contribution >= 4 is 28.0 Å². The second-order valence-corrected chi connectivity index (χ2v) is 5.27. The van der Waals surface area contributed by atoms with Crippen molar-refractivity contribution in [3.63, 3.8) is 0 Å². The maximum atomic E-state index is 12.5. The number of carbonyl (C=O) groups excluding carboxylic acids is 1. The highest BCUT2D eigenvalue weighted by atomic mass is 16.1. The highest BCUT2D eigenvalue weighted by Crippen LogP contribution is 2.27. The number of H-pyrrole nitrogens is 1. The number of aromatic nitrogens is 3. The molecule has 0 unspecified atom stereocenters. The lowest BCUT2D eigenvalue weighted by molar-refractivity contribution is 0.102. The normalized spacial score (nSPS) is 11.1. The lowest BCUT2D eigenvalue weighted by Crippen LogP contribution is -2.12. The summed E-state index contributed by atoms with van der Waals surface area (Å²) in [5.74, 6) is -0.128. The summed E-state index contributed by atoms with van der Waals surface area (Å²) in [6.45, 7) is 1.95. The Morgan fingerprint density at radius 3 is 3.05 bits per heavy atom. The first-order valence-corrected chi connectivity index (χ1v) is 7.03. The summed E-state index contributed by atoms with van der Waals surface area (Å²) in [7, 11) is 0. The molecule has 0 saturated carbocycles. The van der Waals surface area contributed by atoms with Crippen molar-refractivity contribution in [3.05, 3.63) is 66.4 Å². The molecule has 0 fully saturated rings. The summed E-state index contributed by atoms with van der Waals surface area (Å²) in [5, 5.41) is 4.02. The number of benzene rings is 1. The molecule has 1 amide bonds. The summed E-state index contributed by atoms with van der Waals surface area (Å²) in [6, 6.07) is 11.5. The average Bonchev–Trinajstić information content (AvgIpc) is 3.11. The quantitative estimate of drug-likeness (QED) is 0.594. The van der Waals surface area contributed by atoms with Gasteiger partial charge in [0, 0.05) is 28.4 Å². The Balaban J connectivity index is 1.72. The van der Waals surface area contributed by atoms with Crippen LogP contribution in [0.5, 0.6) is 0 Å². The number of imidazole rings is 1. The Bertz CT molecular complexity index is 996. The van der Waals surface area contributed by atoms with Crippen molar-refractivity contribution < 1.29 is 4.79 Å². The van der Waals surface area contributed by atoms with Gasteiger partial charge in [-0.3, -0.25) is 4.79 Å². The second-order valence-electron chi connectivity index (χ2n) is 5.27. The molecular weight excluding hydrogens is 276 g/mol. The third kappa shape index (κ3) is 1.95. The standard InChI is InChI=1S/C17H14N4O/c1-11-16(14-4-2-3-5-15(14)19-11)20-17(22)12-6-7-21-10-18-9-13(21)8-12/h2-10,19H,1H3,(H,20,22). The molecule has 0 radical (unpaired) electrons. The molecule has 108 valence electrons. The number of anilines is 1. The summed E-state index contributed by atoms with van der Waals surface area (Å²) in [4.78, 5) is 19.9. The number of nitrogens with one attached hydrogen (secondary N) is 2. The van der Waals surface area contributed by atoms with Gasteiger partial charge in [0.1, 0.15) is 0 Å². The van der Waals surface area contributed by atoms with Crippen molar-refractivity contribution in [1.82, 2.24) is 14.4 Å². The molecule has 5 nitrogen and oxygen atoms in total. The second kappa shape index (κ2) is 4.73. The summed E-state index contributed by atoms with van der Waals surface area (Å²) >= 11 is 0. The monoisotopic (exact) mass is 290 g/mol. The van der Waals surface area contributed by atoms with Crippen LogP contribution in [0.1, 0.15) is 16.1 Å². The van der Waals surface area contributed by atoms with Gasteiger partial charge >= 0.3 is 0 Å². The first-order chi connectivity index (χ1) is 10.7. The van der Waals surface area contributed by atoms with Crippen LogP contribution >= 0.6 is 0 Å². The molecule has 0 aliphatic heterocycles. The minimum absolute atomic E-state index is 0.128. The third-order valence-electron chi connectivity index (χ3n) is 3.81. The molecule has 0 aliphatic carbocycles. The highest BCUT2D eigenvalue weighted by Gasteiger charge is 2.13. The van der Waals surface area contributed by atoms with E-state index in [0.717, 1.165) is 27.8 Å². The first-order valence-electron chi connectivity index (χ1n) is 7.03. The molecule has 0 bridgehead atoms. The average molecular weight is 290 g/mol. The van der Waals surface area contributed by atoms with E-state index < -0.39 is 0 Å². The van der Waals surface area contributed by atoms with Crippen LogP contribution in [0.3, 0.4) is 0 Å². The number of aromatic amines is 1. The van der Waals surface area contributed by atoms with Crippen LogP contribution in [0, 0.1) is 6.92 Å². The van der Waals surface area contributed by atoms with E-state index >= 15 is 0 Å². The van der Waals surface area contributed by atoms with Gasteiger partial charge in [0.15, 0.2) is 0 Å². The lowest BCUT2D eigenvalue weighted by atomic mass is 10.2. The predicted molar refractivity (Wildman–Crippen MR) is 86.2 cm³/mol. The predicted octanol–water partition coefficient (Wildman–Crippen LogP) is 3.38. The lowest BCUT2D eigenvalue weighted by Gasteiger charge is -2.06. The number of hydrogen-bond acceptors (Lipinski definition) is 2. The molecule has 3 heterocycles. The van der Waals surface area contributed by atoms with Crippen LogP contribution in [0.4, 0.5) is 5.69 Å². The van der Waals surface area contributed by atoms with Gasteiger partial charge < -0.3 is 14.7 Å². The van der Waals surface area contributed by atoms with Crippen LogP contribution in [0.15, 0.2) is 55.1 Å². The van der Waals surface area contributed by atoms with Crippen LogP contribution in [-0.2, 0) is 0 Å². The van der Waals surface area contributed by atoms with Crippen molar-refractivity contribution in [2.45, 2.75) is 6.92 Å². The number of fused-ring (bicyclic) bond motifs is 2.